The molecule has 0 saturated carbocycles. The van der Waals surface area contributed by atoms with E-state index in [4.69, 9.17) is 11.6 Å². The molecule has 148 valence electrons. The molecule has 29 heavy (non-hydrogen) atoms. The van der Waals surface area contributed by atoms with Crippen LogP contribution < -0.4 is 5.32 Å². The number of halogens is 3. The first-order valence-electron chi connectivity index (χ1n) is 8.59. The summed E-state index contributed by atoms with van der Waals surface area (Å²) < 4.78 is 30.1. The molecule has 0 amide bonds. The van der Waals surface area contributed by atoms with Gasteiger partial charge in [-0.2, -0.15) is 0 Å². The van der Waals surface area contributed by atoms with Crippen molar-refractivity contribution in [2.24, 2.45) is 0 Å². The minimum Gasteiger partial charge on any atom is -0.364 e. The summed E-state index contributed by atoms with van der Waals surface area (Å²) in [5.41, 5.74) is 1.81. The van der Waals surface area contributed by atoms with E-state index in [1.54, 1.807) is 17.0 Å². The number of imidazole rings is 1. The number of fused-ring (bicyclic) bond motifs is 1. The van der Waals surface area contributed by atoms with Gasteiger partial charge in [-0.15, -0.1) is 0 Å². The van der Waals surface area contributed by atoms with Crippen molar-refractivity contribution in [3.8, 4) is 0 Å². The van der Waals surface area contributed by atoms with Gasteiger partial charge >= 0.3 is 0 Å². The molecule has 1 N–H and O–H groups in total. The normalized spacial score (nSPS) is 11.2. The highest BCUT2D eigenvalue weighted by Gasteiger charge is 2.17. The summed E-state index contributed by atoms with van der Waals surface area (Å²) in [5.74, 6) is -0.931. The molecule has 1 aromatic carbocycles. The van der Waals surface area contributed by atoms with E-state index in [9.17, 15) is 8.78 Å². The number of nitrogens with zero attached hydrogens (tertiary/aromatic N) is 5. The standard InChI is InChI=1S/C19H15ClF2N6S/c1-29-19-26-17(24-8-11-3-2-6-23-7-11)16-18(27-19)28(10-25-16)9-12-14(21)5-4-13(20)15(12)22/h2-7,10H,8-9H2,1H3,(H,24,26,27). The number of aromatic nitrogens is 5. The third-order valence-electron chi connectivity index (χ3n) is 4.28. The van der Waals surface area contributed by atoms with Crippen molar-refractivity contribution < 1.29 is 8.78 Å². The molecule has 0 aliphatic carbocycles. The predicted octanol–water partition coefficient (Wildman–Crippen LogP) is 4.54. The molecule has 0 unspecified atom stereocenters. The highest BCUT2D eigenvalue weighted by molar-refractivity contribution is 7.98. The second-order valence-electron chi connectivity index (χ2n) is 6.14. The number of anilines is 1. The maximum Gasteiger partial charge on any atom is 0.191 e. The van der Waals surface area contributed by atoms with E-state index >= 15 is 0 Å². The highest BCUT2D eigenvalue weighted by atomic mass is 35.5. The number of hydrogen-bond donors (Lipinski definition) is 1. The van der Waals surface area contributed by atoms with Crippen molar-refractivity contribution in [2.45, 2.75) is 18.2 Å². The lowest BCUT2D eigenvalue weighted by Gasteiger charge is -2.10. The Labute approximate surface area is 174 Å². The molecule has 10 heteroatoms. The summed E-state index contributed by atoms with van der Waals surface area (Å²) >= 11 is 7.17. The quantitative estimate of drug-likeness (QED) is 0.274. The number of rotatable bonds is 6. The topological polar surface area (TPSA) is 68.5 Å². The summed E-state index contributed by atoms with van der Waals surface area (Å²) in [6.45, 7) is 0.403. The number of thioether (sulfide) groups is 1. The zero-order valence-corrected chi connectivity index (χ0v) is 16.8. The Kier molecular flexibility index (Phi) is 5.59. The molecule has 0 aliphatic heterocycles. The molecule has 0 bridgehead atoms. The molecule has 4 rings (SSSR count). The molecule has 0 fully saturated rings. The lowest BCUT2D eigenvalue weighted by atomic mass is 10.2. The van der Waals surface area contributed by atoms with E-state index in [0.717, 1.165) is 11.6 Å². The Morgan fingerprint density at radius 1 is 1.21 bits per heavy atom. The van der Waals surface area contributed by atoms with Gasteiger partial charge in [-0.3, -0.25) is 4.98 Å². The van der Waals surface area contributed by atoms with Gasteiger partial charge in [0.1, 0.15) is 11.6 Å². The van der Waals surface area contributed by atoms with Gasteiger partial charge in [-0.1, -0.05) is 29.4 Å². The third-order valence-corrected chi connectivity index (χ3v) is 5.12. The Hall–Kier alpha value is -2.78. The van der Waals surface area contributed by atoms with Gasteiger partial charge < -0.3 is 9.88 Å². The van der Waals surface area contributed by atoms with Gasteiger partial charge in [0.05, 0.1) is 17.9 Å². The fourth-order valence-corrected chi connectivity index (χ4v) is 3.36. The van der Waals surface area contributed by atoms with Crippen LogP contribution >= 0.6 is 23.4 Å². The second-order valence-corrected chi connectivity index (χ2v) is 7.32. The first kappa shape index (κ1) is 19.5. The van der Waals surface area contributed by atoms with Crippen LogP contribution in [-0.4, -0.2) is 30.8 Å². The second kappa shape index (κ2) is 8.30. The Bertz CT molecular complexity index is 1170. The van der Waals surface area contributed by atoms with Crippen molar-refractivity contribution >= 4 is 40.3 Å². The minimum atomic E-state index is -0.789. The number of benzene rings is 1. The zero-order chi connectivity index (χ0) is 20.4. The Morgan fingerprint density at radius 2 is 2.07 bits per heavy atom. The molecule has 3 aromatic heterocycles. The average molecular weight is 433 g/mol. The van der Waals surface area contributed by atoms with Crippen LogP contribution in [0.2, 0.25) is 5.02 Å². The average Bonchev–Trinajstić information content (AvgIpc) is 3.15. The monoisotopic (exact) mass is 432 g/mol. The minimum absolute atomic E-state index is 0.0956. The molecule has 3 heterocycles. The summed E-state index contributed by atoms with van der Waals surface area (Å²) in [6, 6.07) is 6.12. The van der Waals surface area contributed by atoms with Crippen molar-refractivity contribution in [1.29, 1.82) is 0 Å². The summed E-state index contributed by atoms with van der Waals surface area (Å²) in [7, 11) is 0. The molecule has 4 aromatic rings. The molecule has 0 atom stereocenters. The maximum atomic E-state index is 14.3. The number of hydrogen-bond acceptors (Lipinski definition) is 6. The van der Waals surface area contributed by atoms with Gasteiger partial charge in [0, 0.05) is 24.5 Å². The smallest absolute Gasteiger partial charge is 0.191 e. The van der Waals surface area contributed by atoms with Crippen LogP contribution in [0.15, 0.2) is 48.1 Å². The molecule has 6 nitrogen and oxygen atoms in total. The Morgan fingerprint density at radius 3 is 2.83 bits per heavy atom. The van der Waals surface area contributed by atoms with Crippen LogP contribution in [0.3, 0.4) is 0 Å². The van der Waals surface area contributed by atoms with Crippen LogP contribution in [0.1, 0.15) is 11.1 Å². The largest absolute Gasteiger partial charge is 0.364 e. The van der Waals surface area contributed by atoms with Crippen LogP contribution in [0.5, 0.6) is 0 Å². The van der Waals surface area contributed by atoms with Crippen LogP contribution in [0, 0.1) is 11.6 Å². The number of pyridine rings is 1. The van der Waals surface area contributed by atoms with Crippen LogP contribution in [0.4, 0.5) is 14.6 Å². The first-order chi connectivity index (χ1) is 14.1. The van der Waals surface area contributed by atoms with Crippen molar-refractivity contribution in [1.82, 2.24) is 24.5 Å². The maximum absolute atomic E-state index is 14.3. The van der Waals surface area contributed by atoms with Crippen molar-refractivity contribution in [2.75, 3.05) is 11.6 Å². The van der Waals surface area contributed by atoms with Crippen LogP contribution in [-0.2, 0) is 13.1 Å². The van der Waals surface area contributed by atoms with Gasteiger partial charge in [0.2, 0.25) is 0 Å². The fraction of sp³-hybridized carbons (Fsp3) is 0.158. The fourth-order valence-electron chi connectivity index (χ4n) is 2.83. The van der Waals surface area contributed by atoms with E-state index in [2.05, 4.69) is 25.3 Å². The first-order valence-corrected chi connectivity index (χ1v) is 10.2. The van der Waals surface area contributed by atoms with E-state index in [0.29, 0.717) is 28.7 Å². The summed E-state index contributed by atoms with van der Waals surface area (Å²) in [4.78, 5) is 17.4. The van der Waals surface area contributed by atoms with E-state index in [1.807, 2.05) is 18.4 Å². The molecule has 0 radical (unpaired) electrons. The van der Waals surface area contributed by atoms with E-state index in [-0.39, 0.29) is 17.1 Å². The van der Waals surface area contributed by atoms with Crippen molar-refractivity contribution in [3.05, 3.63) is 70.8 Å². The molecule has 0 saturated heterocycles. The zero-order valence-electron chi connectivity index (χ0n) is 15.2. The Balaban J connectivity index is 1.71. The molecular formula is C19H15ClF2N6S. The predicted molar refractivity (Wildman–Crippen MR) is 109 cm³/mol. The van der Waals surface area contributed by atoms with Gasteiger partial charge in [-0.25, -0.2) is 23.7 Å². The SMILES string of the molecule is CSc1nc(NCc2cccnc2)c2ncn(Cc3c(F)ccc(Cl)c3F)c2n1. The van der Waals surface area contributed by atoms with Crippen molar-refractivity contribution in [3.63, 3.8) is 0 Å². The van der Waals surface area contributed by atoms with Gasteiger partial charge in [0.25, 0.3) is 0 Å². The molecule has 0 spiro atoms. The van der Waals surface area contributed by atoms with Crippen LogP contribution in [0.25, 0.3) is 11.2 Å². The van der Waals surface area contributed by atoms with Gasteiger partial charge in [0.15, 0.2) is 22.1 Å². The molecular weight excluding hydrogens is 418 g/mol. The molecule has 0 aliphatic rings. The summed E-state index contributed by atoms with van der Waals surface area (Å²) in [6.07, 6.45) is 6.79. The lowest BCUT2D eigenvalue weighted by Crippen LogP contribution is -2.07. The lowest BCUT2D eigenvalue weighted by molar-refractivity contribution is 0.546. The summed E-state index contributed by atoms with van der Waals surface area (Å²) in [5, 5.41) is 3.62. The van der Waals surface area contributed by atoms with Gasteiger partial charge in [-0.05, 0) is 30.0 Å². The number of nitrogens with one attached hydrogen (secondary N) is 1. The highest BCUT2D eigenvalue weighted by Crippen LogP contribution is 2.26. The third kappa shape index (κ3) is 4.01. The van der Waals surface area contributed by atoms with E-state index < -0.39 is 11.6 Å². The van der Waals surface area contributed by atoms with E-state index in [1.165, 1.54) is 24.2 Å².